The average Bonchev–Trinajstić information content (AvgIpc) is 3.10. The molecule has 2 amide bonds. The molecule has 0 spiro atoms. The van der Waals surface area contributed by atoms with Crippen LogP contribution in [0.4, 0.5) is 10.1 Å². The molecule has 8 heteroatoms. The summed E-state index contributed by atoms with van der Waals surface area (Å²) in [7, 11) is 0. The van der Waals surface area contributed by atoms with Crippen LogP contribution in [0.1, 0.15) is 23.0 Å². The second-order valence-corrected chi connectivity index (χ2v) is 5.29. The third-order valence-electron chi connectivity index (χ3n) is 3.25. The van der Waals surface area contributed by atoms with E-state index in [9.17, 15) is 18.8 Å². The number of carbonyl (C=O) groups excluding carboxylic acids is 3. The lowest BCUT2D eigenvalue weighted by Gasteiger charge is -2.12. The van der Waals surface area contributed by atoms with Crippen molar-refractivity contribution >= 4 is 23.5 Å². The first-order valence-electron chi connectivity index (χ1n) is 7.44. The van der Waals surface area contributed by atoms with E-state index in [1.165, 1.54) is 43.5 Å². The average molecular weight is 348 g/mol. The van der Waals surface area contributed by atoms with Crippen LogP contribution in [0.25, 0.3) is 0 Å². The molecule has 2 aromatic rings. The van der Waals surface area contributed by atoms with Gasteiger partial charge in [-0.15, -0.1) is 0 Å². The highest BCUT2D eigenvalue weighted by molar-refractivity contribution is 5.95. The van der Waals surface area contributed by atoms with E-state index in [0.717, 1.165) is 0 Å². The highest BCUT2D eigenvalue weighted by Crippen LogP contribution is 2.13. The van der Waals surface area contributed by atoms with Crippen LogP contribution in [0.15, 0.2) is 41.0 Å². The van der Waals surface area contributed by atoms with Crippen molar-refractivity contribution in [2.75, 3.05) is 11.9 Å². The van der Waals surface area contributed by atoms with Gasteiger partial charge in [0.2, 0.25) is 0 Å². The summed E-state index contributed by atoms with van der Waals surface area (Å²) in [6.45, 7) is 2.45. The number of anilines is 1. The first-order chi connectivity index (χ1) is 11.9. The van der Waals surface area contributed by atoms with E-state index >= 15 is 0 Å². The zero-order valence-electron chi connectivity index (χ0n) is 13.7. The van der Waals surface area contributed by atoms with Gasteiger partial charge in [-0.05, 0) is 43.7 Å². The zero-order chi connectivity index (χ0) is 18.4. The summed E-state index contributed by atoms with van der Waals surface area (Å²) < 4.78 is 23.1. The summed E-state index contributed by atoms with van der Waals surface area (Å²) >= 11 is 0. The maximum Gasteiger partial charge on any atom is 0.328 e. The summed E-state index contributed by atoms with van der Waals surface area (Å²) in [6, 6.07) is 6.23. The number of halogens is 1. The summed E-state index contributed by atoms with van der Waals surface area (Å²) in [5.74, 6) is -2.39. The van der Waals surface area contributed by atoms with Crippen LogP contribution in [0, 0.1) is 12.7 Å². The van der Waals surface area contributed by atoms with Gasteiger partial charge in [-0.2, -0.15) is 0 Å². The number of ether oxygens (including phenoxy) is 1. The van der Waals surface area contributed by atoms with Gasteiger partial charge < -0.3 is 19.8 Å². The predicted octanol–water partition coefficient (Wildman–Crippen LogP) is 2.03. The van der Waals surface area contributed by atoms with Crippen molar-refractivity contribution in [2.24, 2.45) is 0 Å². The molecule has 1 aromatic heterocycles. The second-order valence-electron chi connectivity index (χ2n) is 5.29. The fraction of sp³-hybridized carbons (Fsp3) is 0.235. The van der Waals surface area contributed by atoms with Gasteiger partial charge in [0.25, 0.3) is 11.8 Å². The van der Waals surface area contributed by atoms with Crippen molar-refractivity contribution in [1.82, 2.24) is 5.32 Å². The number of hydrogen-bond acceptors (Lipinski definition) is 5. The van der Waals surface area contributed by atoms with E-state index in [-0.39, 0.29) is 11.4 Å². The Morgan fingerprint density at radius 1 is 1.28 bits per heavy atom. The number of rotatable bonds is 6. The van der Waals surface area contributed by atoms with E-state index in [2.05, 4.69) is 10.6 Å². The molecular weight excluding hydrogens is 331 g/mol. The molecule has 2 N–H and O–H groups in total. The third kappa shape index (κ3) is 5.17. The number of hydrogen-bond donors (Lipinski definition) is 2. The fourth-order valence-electron chi connectivity index (χ4n) is 1.86. The SMILES string of the molecule is Cc1ccc(NC(=O)COC(=O)[C@H](C)NC(=O)c2ccco2)cc1F. The molecule has 1 atom stereocenters. The largest absolute Gasteiger partial charge is 0.459 e. The molecule has 0 fully saturated rings. The molecule has 0 saturated heterocycles. The summed E-state index contributed by atoms with van der Waals surface area (Å²) in [4.78, 5) is 35.3. The molecule has 0 aliphatic rings. The lowest BCUT2D eigenvalue weighted by atomic mass is 10.2. The van der Waals surface area contributed by atoms with E-state index < -0.39 is 36.2 Å². The second kappa shape index (κ2) is 8.09. The van der Waals surface area contributed by atoms with Crippen molar-refractivity contribution in [3.05, 3.63) is 53.7 Å². The van der Waals surface area contributed by atoms with E-state index in [1.54, 1.807) is 6.92 Å². The molecule has 7 nitrogen and oxygen atoms in total. The van der Waals surface area contributed by atoms with Gasteiger partial charge in [-0.25, -0.2) is 9.18 Å². The van der Waals surface area contributed by atoms with Crippen LogP contribution in [0.3, 0.4) is 0 Å². The third-order valence-corrected chi connectivity index (χ3v) is 3.25. The molecule has 2 rings (SSSR count). The van der Waals surface area contributed by atoms with Gasteiger partial charge in [0, 0.05) is 5.69 Å². The normalized spacial score (nSPS) is 11.5. The molecule has 1 heterocycles. The van der Waals surface area contributed by atoms with Crippen molar-refractivity contribution < 1.29 is 27.9 Å². The van der Waals surface area contributed by atoms with Gasteiger partial charge in [0.1, 0.15) is 11.9 Å². The van der Waals surface area contributed by atoms with E-state index in [0.29, 0.717) is 5.56 Å². The maximum absolute atomic E-state index is 13.4. The molecule has 1 aromatic carbocycles. The molecule has 132 valence electrons. The van der Waals surface area contributed by atoms with E-state index in [4.69, 9.17) is 9.15 Å². The van der Waals surface area contributed by atoms with Crippen LogP contribution in [-0.2, 0) is 14.3 Å². The quantitative estimate of drug-likeness (QED) is 0.779. The van der Waals surface area contributed by atoms with Gasteiger partial charge in [-0.1, -0.05) is 6.07 Å². The Hall–Kier alpha value is -3.16. The molecule has 0 saturated carbocycles. The molecule has 0 aliphatic heterocycles. The fourth-order valence-corrected chi connectivity index (χ4v) is 1.86. The molecule has 0 bridgehead atoms. The number of benzene rings is 1. The zero-order valence-corrected chi connectivity index (χ0v) is 13.7. The molecule has 25 heavy (non-hydrogen) atoms. The number of carbonyl (C=O) groups is 3. The number of amides is 2. The minimum absolute atomic E-state index is 0.0544. The molecule has 0 unspecified atom stereocenters. The van der Waals surface area contributed by atoms with Gasteiger partial charge in [0.05, 0.1) is 6.26 Å². The highest BCUT2D eigenvalue weighted by atomic mass is 19.1. The minimum Gasteiger partial charge on any atom is -0.459 e. The van der Waals surface area contributed by atoms with Gasteiger partial charge in [0.15, 0.2) is 12.4 Å². The summed E-state index contributed by atoms with van der Waals surface area (Å²) in [6.07, 6.45) is 1.33. The standard InChI is InChI=1S/C17H17FN2O5/c1-10-5-6-12(8-13(10)18)20-15(21)9-25-17(23)11(2)19-16(22)14-4-3-7-24-14/h3-8,11H,9H2,1-2H3,(H,19,22)(H,20,21)/t11-/m0/s1. The highest BCUT2D eigenvalue weighted by Gasteiger charge is 2.20. The van der Waals surface area contributed by atoms with Gasteiger partial charge >= 0.3 is 5.97 Å². The van der Waals surface area contributed by atoms with Crippen molar-refractivity contribution in [3.8, 4) is 0 Å². The summed E-state index contributed by atoms with van der Waals surface area (Å²) in [5, 5.41) is 4.79. The van der Waals surface area contributed by atoms with Crippen molar-refractivity contribution in [2.45, 2.75) is 19.9 Å². The Kier molecular flexibility index (Phi) is 5.89. The topological polar surface area (TPSA) is 97.6 Å². The van der Waals surface area contributed by atoms with Crippen molar-refractivity contribution in [1.29, 1.82) is 0 Å². The molecule has 0 aliphatic carbocycles. The van der Waals surface area contributed by atoms with Crippen LogP contribution < -0.4 is 10.6 Å². The number of furan rings is 1. The summed E-state index contributed by atoms with van der Waals surface area (Å²) in [5.41, 5.74) is 0.703. The lowest BCUT2D eigenvalue weighted by Crippen LogP contribution is -2.40. The Bertz CT molecular complexity index is 773. The Balaban J connectivity index is 1.79. The monoisotopic (exact) mass is 348 g/mol. The predicted molar refractivity (Wildman–Crippen MR) is 86.4 cm³/mol. The van der Waals surface area contributed by atoms with Crippen molar-refractivity contribution in [3.63, 3.8) is 0 Å². The maximum atomic E-state index is 13.4. The number of aryl methyl sites for hydroxylation is 1. The molecule has 0 radical (unpaired) electrons. The number of esters is 1. The van der Waals surface area contributed by atoms with E-state index in [1.807, 2.05) is 0 Å². The number of nitrogens with one attached hydrogen (secondary N) is 2. The van der Waals surface area contributed by atoms with Crippen LogP contribution in [-0.4, -0.2) is 30.4 Å². The lowest BCUT2D eigenvalue weighted by molar-refractivity contribution is -0.148. The first kappa shape index (κ1) is 18.2. The van der Waals surface area contributed by atoms with Crippen LogP contribution in [0.5, 0.6) is 0 Å². The smallest absolute Gasteiger partial charge is 0.328 e. The van der Waals surface area contributed by atoms with Crippen LogP contribution in [0.2, 0.25) is 0 Å². The molecular formula is C17H17FN2O5. The van der Waals surface area contributed by atoms with Crippen LogP contribution >= 0.6 is 0 Å². The minimum atomic E-state index is -0.970. The Labute approximate surface area is 143 Å². The first-order valence-corrected chi connectivity index (χ1v) is 7.44. The Morgan fingerprint density at radius 3 is 2.68 bits per heavy atom. The van der Waals surface area contributed by atoms with Gasteiger partial charge in [-0.3, -0.25) is 9.59 Å². The Morgan fingerprint density at radius 2 is 2.04 bits per heavy atom.